The second kappa shape index (κ2) is 6.51. The lowest BCUT2D eigenvalue weighted by Gasteiger charge is -2.17. The fourth-order valence-corrected chi connectivity index (χ4v) is 2.15. The molecule has 2 rings (SSSR count). The van der Waals surface area contributed by atoms with Crippen molar-refractivity contribution in [3.05, 3.63) is 22.2 Å². The summed E-state index contributed by atoms with van der Waals surface area (Å²) in [4.78, 5) is 15.0. The first-order valence-electron chi connectivity index (χ1n) is 6.89. The van der Waals surface area contributed by atoms with Crippen molar-refractivity contribution in [2.45, 2.75) is 38.8 Å². The Morgan fingerprint density at radius 3 is 2.95 bits per heavy atom. The van der Waals surface area contributed by atoms with Gasteiger partial charge in [0.1, 0.15) is 5.82 Å². The molecule has 0 spiro atoms. The highest BCUT2D eigenvalue weighted by Crippen LogP contribution is 2.27. The first kappa shape index (κ1) is 14.5. The molecule has 0 aromatic carbocycles. The van der Waals surface area contributed by atoms with Crippen LogP contribution in [0.2, 0.25) is 0 Å². The quantitative estimate of drug-likeness (QED) is 0.614. The van der Waals surface area contributed by atoms with Crippen LogP contribution in [0.5, 0.6) is 0 Å². The average molecular weight is 280 g/mol. The zero-order chi connectivity index (χ0) is 14.5. The van der Waals surface area contributed by atoms with Crippen LogP contribution in [0.1, 0.15) is 26.7 Å². The van der Waals surface area contributed by atoms with Crippen LogP contribution in [0, 0.1) is 10.1 Å². The van der Waals surface area contributed by atoms with E-state index in [1.165, 1.54) is 6.07 Å². The molecule has 1 aromatic rings. The fraction of sp³-hybridized carbons (Fsp3) is 0.615. The minimum atomic E-state index is -0.417. The first-order valence-corrected chi connectivity index (χ1v) is 6.89. The number of nitro groups is 1. The van der Waals surface area contributed by atoms with E-state index in [4.69, 9.17) is 4.74 Å². The average Bonchev–Trinajstić information content (AvgIpc) is 2.82. The third-order valence-electron chi connectivity index (χ3n) is 3.33. The second-order valence-electron chi connectivity index (χ2n) is 4.86. The molecular weight excluding hydrogens is 260 g/mol. The maximum Gasteiger partial charge on any atom is 0.311 e. The van der Waals surface area contributed by atoms with Gasteiger partial charge >= 0.3 is 5.69 Å². The Balaban J connectivity index is 2.19. The first-order chi connectivity index (χ1) is 9.61. The van der Waals surface area contributed by atoms with Crippen molar-refractivity contribution in [1.82, 2.24) is 4.98 Å². The van der Waals surface area contributed by atoms with Crippen molar-refractivity contribution in [2.75, 3.05) is 23.8 Å². The Morgan fingerprint density at radius 1 is 1.55 bits per heavy atom. The molecule has 1 aliphatic heterocycles. The van der Waals surface area contributed by atoms with Gasteiger partial charge in [-0.25, -0.2) is 4.98 Å². The Morgan fingerprint density at radius 2 is 2.35 bits per heavy atom. The second-order valence-corrected chi connectivity index (χ2v) is 4.86. The summed E-state index contributed by atoms with van der Waals surface area (Å²) in [6.07, 6.45) is 1.82. The summed E-state index contributed by atoms with van der Waals surface area (Å²) in [6.45, 7) is 5.46. The van der Waals surface area contributed by atoms with E-state index in [2.05, 4.69) is 22.5 Å². The molecule has 2 unspecified atom stereocenters. The van der Waals surface area contributed by atoms with Gasteiger partial charge in [-0.2, -0.15) is 0 Å². The van der Waals surface area contributed by atoms with Crippen LogP contribution >= 0.6 is 0 Å². The monoisotopic (exact) mass is 280 g/mol. The van der Waals surface area contributed by atoms with E-state index in [0.29, 0.717) is 18.2 Å². The summed E-state index contributed by atoms with van der Waals surface area (Å²) < 4.78 is 5.46. The van der Waals surface area contributed by atoms with Crippen LogP contribution in [0.15, 0.2) is 12.1 Å². The molecule has 7 nitrogen and oxygen atoms in total. The number of hydrogen-bond acceptors (Lipinski definition) is 6. The van der Waals surface area contributed by atoms with Gasteiger partial charge in [0.2, 0.25) is 5.82 Å². The van der Waals surface area contributed by atoms with Gasteiger partial charge in [-0.05, 0) is 25.8 Å². The summed E-state index contributed by atoms with van der Waals surface area (Å²) in [6, 6.07) is 3.17. The lowest BCUT2D eigenvalue weighted by Crippen LogP contribution is -2.27. The van der Waals surface area contributed by atoms with Crippen LogP contribution < -0.4 is 10.6 Å². The van der Waals surface area contributed by atoms with Crippen LogP contribution in [-0.4, -0.2) is 35.2 Å². The summed E-state index contributed by atoms with van der Waals surface area (Å²) in [5, 5.41) is 17.3. The molecule has 0 bridgehead atoms. The normalized spacial score (nSPS) is 21.7. The molecule has 1 aromatic heterocycles. The van der Waals surface area contributed by atoms with Gasteiger partial charge in [0.15, 0.2) is 0 Å². The van der Waals surface area contributed by atoms with Gasteiger partial charge in [-0.15, -0.1) is 0 Å². The lowest BCUT2D eigenvalue weighted by molar-refractivity contribution is -0.384. The molecule has 0 aliphatic carbocycles. The molecule has 2 N–H and O–H groups in total. The van der Waals surface area contributed by atoms with Crippen molar-refractivity contribution < 1.29 is 9.66 Å². The maximum absolute atomic E-state index is 11.1. The number of rotatable bonds is 6. The summed E-state index contributed by atoms with van der Waals surface area (Å²) in [5.41, 5.74) is -0.00820. The van der Waals surface area contributed by atoms with Crippen LogP contribution in [0.3, 0.4) is 0 Å². The van der Waals surface area contributed by atoms with E-state index in [1.54, 1.807) is 6.07 Å². The molecule has 20 heavy (non-hydrogen) atoms. The number of hydrogen-bond donors (Lipinski definition) is 2. The Hall–Kier alpha value is -1.89. The Labute approximate surface area is 117 Å². The van der Waals surface area contributed by atoms with Crippen molar-refractivity contribution in [1.29, 1.82) is 0 Å². The van der Waals surface area contributed by atoms with Gasteiger partial charge < -0.3 is 15.4 Å². The number of anilines is 2. The van der Waals surface area contributed by atoms with E-state index >= 15 is 0 Å². The van der Waals surface area contributed by atoms with E-state index in [-0.39, 0.29) is 17.8 Å². The third-order valence-corrected chi connectivity index (χ3v) is 3.33. The Kier molecular flexibility index (Phi) is 4.73. The van der Waals surface area contributed by atoms with E-state index < -0.39 is 4.92 Å². The number of aromatic nitrogens is 1. The molecule has 7 heteroatoms. The largest absolute Gasteiger partial charge is 0.376 e. The van der Waals surface area contributed by atoms with Crippen LogP contribution in [0.4, 0.5) is 17.3 Å². The predicted octanol–water partition coefficient (Wildman–Crippen LogP) is 2.40. The molecule has 0 saturated carbocycles. The molecule has 1 aliphatic rings. The van der Waals surface area contributed by atoms with Gasteiger partial charge in [0.05, 0.1) is 17.1 Å². The summed E-state index contributed by atoms with van der Waals surface area (Å²) >= 11 is 0. The molecular formula is C13H20N4O3. The van der Waals surface area contributed by atoms with Crippen molar-refractivity contribution in [3.8, 4) is 0 Å². The highest BCUT2D eigenvalue weighted by atomic mass is 16.6. The topological polar surface area (TPSA) is 89.3 Å². The number of ether oxygens (including phenoxy) is 1. The Bertz CT molecular complexity index is 481. The zero-order valence-electron chi connectivity index (χ0n) is 11.8. The minimum absolute atomic E-state index is 0.00820. The van der Waals surface area contributed by atoms with Gasteiger partial charge in [-0.1, -0.05) is 6.92 Å². The lowest BCUT2D eigenvalue weighted by atomic mass is 10.1. The van der Waals surface area contributed by atoms with Crippen molar-refractivity contribution in [2.24, 2.45) is 0 Å². The van der Waals surface area contributed by atoms with E-state index in [9.17, 15) is 10.1 Å². The number of nitrogens with one attached hydrogen (secondary N) is 2. The van der Waals surface area contributed by atoms with Crippen LogP contribution in [-0.2, 0) is 4.74 Å². The zero-order valence-corrected chi connectivity index (χ0v) is 11.8. The molecule has 0 radical (unpaired) electrons. The summed E-state index contributed by atoms with van der Waals surface area (Å²) in [5.74, 6) is 0.949. The molecule has 2 heterocycles. The maximum atomic E-state index is 11.1. The highest BCUT2D eigenvalue weighted by Gasteiger charge is 2.27. The number of nitrogens with zero attached hydrogens (tertiary/aromatic N) is 2. The minimum Gasteiger partial charge on any atom is -0.376 e. The molecule has 1 saturated heterocycles. The fourth-order valence-electron chi connectivity index (χ4n) is 2.15. The smallest absolute Gasteiger partial charge is 0.311 e. The van der Waals surface area contributed by atoms with E-state index in [0.717, 1.165) is 19.4 Å². The third kappa shape index (κ3) is 3.36. The predicted molar refractivity (Wildman–Crippen MR) is 77.1 cm³/mol. The molecule has 2 atom stereocenters. The summed E-state index contributed by atoms with van der Waals surface area (Å²) in [7, 11) is 0. The van der Waals surface area contributed by atoms with Crippen molar-refractivity contribution in [3.63, 3.8) is 0 Å². The van der Waals surface area contributed by atoms with Gasteiger partial charge in [0, 0.05) is 19.2 Å². The highest BCUT2D eigenvalue weighted by molar-refractivity contribution is 5.60. The SMILES string of the molecule is CCCNc1ccc([N+](=O)[O-])c(NC2CCOC2C)n1. The van der Waals surface area contributed by atoms with Crippen molar-refractivity contribution >= 4 is 17.3 Å². The molecule has 0 amide bonds. The van der Waals surface area contributed by atoms with Gasteiger partial charge in [0.25, 0.3) is 0 Å². The van der Waals surface area contributed by atoms with Crippen LogP contribution in [0.25, 0.3) is 0 Å². The standard InChI is InChI=1S/C13H20N4O3/c1-3-7-14-12-5-4-11(17(18)19)13(16-12)15-10-6-8-20-9(10)2/h4-5,9-10H,3,6-8H2,1-2H3,(H2,14,15,16). The molecule has 1 fully saturated rings. The number of pyridine rings is 1. The van der Waals surface area contributed by atoms with Gasteiger partial charge in [-0.3, -0.25) is 10.1 Å². The molecule has 110 valence electrons. The van der Waals surface area contributed by atoms with E-state index in [1.807, 2.05) is 6.92 Å².